The zero-order valence-electron chi connectivity index (χ0n) is 7.94. The number of rotatable bonds is 4. The van der Waals surface area contributed by atoms with Crippen molar-refractivity contribution in [2.24, 2.45) is 5.92 Å². The van der Waals surface area contributed by atoms with Crippen molar-refractivity contribution in [1.29, 1.82) is 0 Å². The number of amides is 1. The molecule has 0 aromatic rings. The van der Waals surface area contributed by atoms with Gasteiger partial charge in [0.25, 0.3) is 0 Å². The van der Waals surface area contributed by atoms with E-state index in [4.69, 9.17) is 10.2 Å². The molecule has 4 heteroatoms. The number of hydrogen-bond acceptors (Lipinski definition) is 3. The molecule has 1 amide bonds. The van der Waals surface area contributed by atoms with Crippen molar-refractivity contribution in [3.8, 4) is 0 Å². The summed E-state index contributed by atoms with van der Waals surface area (Å²) in [6, 6.07) is 0. The highest BCUT2D eigenvalue weighted by Crippen LogP contribution is 2.20. The third-order valence-electron chi connectivity index (χ3n) is 2.51. The molecule has 0 radical (unpaired) electrons. The van der Waals surface area contributed by atoms with Crippen LogP contribution >= 0.6 is 0 Å². The zero-order chi connectivity index (χ0) is 9.84. The molecule has 0 saturated carbocycles. The van der Waals surface area contributed by atoms with E-state index < -0.39 is 6.10 Å². The van der Waals surface area contributed by atoms with Gasteiger partial charge in [0.2, 0.25) is 5.91 Å². The number of aliphatic hydroxyl groups excluding tert-OH is 2. The third-order valence-corrected chi connectivity index (χ3v) is 2.51. The molecule has 1 saturated heterocycles. The van der Waals surface area contributed by atoms with E-state index in [-0.39, 0.29) is 19.1 Å². The number of carbonyl (C=O) groups excluding carboxylic acids is 1. The summed E-state index contributed by atoms with van der Waals surface area (Å²) >= 11 is 0. The standard InChI is InChI=1S/C9H17NO3/c1-2-7-3-9(13)10(4-7)5-8(12)6-11/h7-8,11-12H,2-6H2,1H3. The van der Waals surface area contributed by atoms with Crippen molar-refractivity contribution in [1.82, 2.24) is 4.90 Å². The number of nitrogens with zero attached hydrogens (tertiary/aromatic N) is 1. The lowest BCUT2D eigenvalue weighted by atomic mass is 10.1. The normalized spacial score (nSPS) is 25.3. The van der Waals surface area contributed by atoms with E-state index in [1.807, 2.05) is 0 Å². The predicted octanol–water partition coefficient (Wildman–Crippen LogP) is -0.402. The molecule has 1 aliphatic rings. The lowest BCUT2D eigenvalue weighted by Crippen LogP contribution is -2.35. The van der Waals surface area contributed by atoms with Gasteiger partial charge < -0.3 is 15.1 Å². The van der Waals surface area contributed by atoms with Gasteiger partial charge in [0.05, 0.1) is 12.7 Å². The molecule has 0 aromatic carbocycles. The van der Waals surface area contributed by atoms with Gasteiger partial charge in [-0.3, -0.25) is 4.79 Å². The maximum atomic E-state index is 11.3. The summed E-state index contributed by atoms with van der Waals surface area (Å²) in [4.78, 5) is 13.0. The van der Waals surface area contributed by atoms with E-state index in [0.717, 1.165) is 13.0 Å². The molecule has 2 N–H and O–H groups in total. The first-order valence-corrected chi connectivity index (χ1v) is 4.74. The summed E-state index contributed by atoms with van der Waals surface area (Å²) in [5.74, 6) is 0.526. The van der Waals surface area contributed by atoms with Gasteiger partial charge >= 0.3 is 0 Å². The molecule has 4 nitrogen and oxygen atoms in total. The number of likely N-dealkylation sites (tertiary alicyclic amines) is 1. The molecule has 76 valence electrons. The Morgan fingerprint density at radius 1 is 1.69 bits per heavy atom. The maximum absolute atomic E-state index is 11.3. The van der Waals surface area contributed by atoms with Gasteiger partial charge in [-0.15, -0.1) is 0 Å². The fraction of sp³-hybridized carbons (Fsp3) is 0.889. The minimum absolute atomic E-state index is 0.0966. The summed E-state index contributed by atoms with van der Waals surface area (Å²) in [5, 5.41) is 17.8. The maximum Gasteiger partial charge on any atom is 0.223 e. The predicted molar refractivity (Wildman–Crippen MR) is 48.1 cm³/mol. The van der Waals surface area contributed by atoms with E-state index in [1.165, 1.54) is 0 Å². The quantitative estimate of drug-likeness (QED) is 0.629. The second-order valence-electron chi connectivity index (χ2n) is 3.61. The van der Waals surface area contributed by atoms with Gasteiger partial charge in [-0.2, -0.15) is 0 Å². The van der Waals surface area contributed by atoms with Crippen LogP contribution in [0.25, 0.3) is 0 Å². The molecule has 0 bridgehead atoms. The van der Waals surface area contributed by atoms with Crippen LogP contribution < -0.4 is 0 Å². The van der Waals surface area contributed by atoms with Crippen LogP contribution in [0.4, 0.5) is 0 Å². The summed E-state index contributed by atoms with van der Waals surface area (Å²) in [6.07, 6.45) is 0.797. The fourth-order valence-electron chi connectivity index (χ4n) is 1.62. The highest BCUT2D eigenvalue weighted by molar-refractivity contribution is 5.78. The molecule has 0 aromatic heterocycles. The highest BCUT2D eigenvalue weighted by Gasteiger charge is 2.29. The molecule has 1 heterocycles. The van der Waals surface area contributed by atoms with E-state index in [0.29, 0.717) is 12.3 Å². The van der Waals surface area contributed by atoms with E-state index in [9.17, 15) is 4.79 Å². The van der Waals surface area contributed by atoms with Crippen LogP contribution in [0.2, 0.25) is 0 Å². The number of hydrogen-bond donors (Lipinski definition) is 2. The van der Waals surface area contributed by atoms with Gasteiger partial charge in [0, 0.05) is 19.5 Å². The fourth-order valence-corrected chi connectivity index (χ4v) is 1.62. The monoisotopic (exact) mass is 187 g/mol. The van der Waals surface area contributed by atoms with Crippen LogP contribution in [0.3, 0.4) is 0 Å². The first-order valence-electron chi connectivity index (χ1n) is 4.74. The Morgan fingerprint density at radius 3 is 2.85 bits per heavy atom. The topological polar surface area (TPSA) is 60.8 Å². The Labute approximate surface area is 78.2 Å². The zero-order valence-corrected chi connectivity index (χ0v) is 7.94. The van der Waals surface area contributed by atoms with E-state index in [1.54, 1.807) is 4.90 Å². The van der Waals surface area contributed by atoms with Crippen LogP contribution in [0.15, 0.2) is 0 Å². The van der Waals surface area contributed by atoms with Crippen LogP contribution in [0.5, 0.6) is 0 Å². The Balaban J connectivity index is 2.39. The molecule has 1 aliphatic heterocycles. The second-order valence-corrected chi connectivity index (χ2v) is 3.61. The molecule has 1 fully saturated rings. The van der Waals surface area contributed by atoms with Crippen LogP contribution in [-0.4, -0.2) is 46.8 Å². The molecular weight excluding hydrogens is 170 g/mol. The average molecular weight is 187 g/mol. The van der Waals surface area contributed by atoms with E-state index >= 15 is 0 Å². The Kier molecular flexibility index (Phi) is 3.69. The highest BCUT2D eigenvalue weighted by atomic mass is 16.3. The van der Waals surface area contributed by atoms with Gasteiger partial charge in [-0.1, -0.05) is 13.3 Å². The van der Waals surface area contributed by atoms with Crippen LogP contribution in [0.1, 0.15) is 19.8 Å². The third kappa shape index (κ3) is 2.67. The van der Waals surface area contributed by atoms with Crippen molar-refractivity contribution >= 4 is 5.91 Å². The van der Waals surface area contributed by atoms with Crippen LogP contribution in [-0.2, 0) is 4.79 Å². The summed E-state index contributed by atoms with van der Waals surface area (Å²) in [7, 11) is 0. The molecule has 2 unspecified atom stereocenters. The SMILES string of the molecule is CCC1CC(=O)N(CC(O)CO)C1. The summed E-state index contributed by atoms with van der Waals surface area (Å²) < 4.78 is 0. The minimum atomic E-state index is -0.792. The minimum Gasteiger partial charge on any atom is -0.394 e. The molecule has 1 rings (SSSR count). The van der Waals surface area contributed by atoms with Gasteiger partial charge in [-0.05, 0) is 5.92 Å². The van der Waals surface area contributed by atoms with Crippen LogP contribution in [0, 0.1) is 5.92 Å². The summed E-state index contributed by atoms with van der Waals surface area (Å²) in [6.45, 7) is 2.78. The van der Waals surface area contributed by atoms with Gasteiger partial charge in [0.15, 0.2) is 0 Å². The lowest BCUT2D eigenvalue weighted by Gasteiger charge is -2.18. The summed E-state index contributed by atoms with van der Waals surface area (Å²) in [5.41, 5.74) is 0. The lowest BCUT2D eigenvalue weighted by molar-refractivity contribution is -0.129. The van der Waals surface area contributed by atoms with Crippen molar-refractivity contribution in [2.45, 2.75) is 25.9 Å². The number of carbonyl (C=O) groups is 1. The van der Waals surface area contributed by atoms with Crippen molar-refractivity contribution in [2.75, 3.05) is 19.7 Å². The molecular formula is C9H17NO3. The average Bonchev–Trinajstić information content (AvgIpc) is 2.47. The van der Waals surface area contributed by atoms with E-state index in [2.05, 4.69) is 6.92 Å². The Bertz CT molecular complexity index is 184. The molecule has 0 aliphatic carbocycles. The molecule has 0 spiro atoms. The van der Waals surface area contributed by atoms with Gasteiger partial charge in [0.1, 0.15) is 0 Å². The smallest absolute Gasteiger partial charge is 0.223 e. The first-order chi connectivity index (χ1) is 6.17. The number of aliphatic hydroxyl groups is 2. The molecule has 13 heavy (non-hydrogen) atoms. The van der Waals surface area contributed by atoms with Crippen molar-refractivity contribution in [3.63, 3.8) is 0 Å². The second kappa shape index (κ2) is 4.58. The Morgan fingerprint density at radius 2 is 2.38 bits per heavy atom. The van der Waals surface area contributed by atoms with Crippen molar-refractivity contribution in [3.05, 3.63) is 0 Å². The van der Waals surface area contributed by atoms with Gasteiger partial charge in [-0.25, -0.2) is 0 Å². The number of β-amino-alcohol motifs (C(OH)–C–C–N with tert-alkyl or cyclic N) is 1. The molecule has 2 atom stereocenters. The largest absolute Gasteiger partial charge is 0.394 e. The van der Waals surface area contributed by atoms with Crippen molar-refractivity contribution < 1.29 is 15.0 Å². The Hall–Kier alpha value is -0.610. The first kappa shape index (κ1) is 10.5.